The van der Waals surface area contributed by atoms with Crippen LogP contribution in [0.5, 0.6) is 5.75 Å². The van der Waals surface area contributed by atoms with Gasteiger partial charge in [0.05, 0.1) is 7.11 Å². The van der Waals surface area contributed by atoms with E-state index in [2.05, 4.69) is 27.7 Å². The molecule has 0 amide bonds. The van der Waals surface area contributed by atoms with Crippen LogP contribution in [0, 0.1) is 0 Å². The molecule has 0 radical (unpaired) electrons. The lowest BCUT2D eigenvalue weighted by Crippen LogP contribution is -1.98. The third kappa shape index (κ3) is 4.55. The van der Waals surface area contributed by atoms with Crippen molar-refractivity contribution >= 4 is 23.0 Å². The van der Waals surface area contributed by atoms with E-state index in [1.165, 1.54) is 4.88 Å². The zero-order valence-corrected chi connectivity index (χ0v) is 15.0. The summed E-state index contributed by atoms with van der Waals surface area (Å²) >= 11 is 1.69. The smallest absolute Gasteiger partial charge is 0.254 e. The predicted molar refractivity (Wildman–Crippen MR) is 101 cm³/mol. The van der Waals surface area contributed by atoms with E-state index in [4.69, 9.17) is 15.0 Å². The Kier molecular flexibility index (Phi) is 5.98. The van der Waals surface area contributed by atoms with Crippen molar-refractivity contribution in [1.82, 2.24) is 10.1 Å². The van der Waals surface area contributed by atoms with Crippen molar-refractivity contribution in [3.63, 3.8) is 0 Å². The number of benzene rings is 1. The number of thiophene rings is 1. The van der Waals surface area contributed by atoms with E-state index in [1.54, 1.807) is 18.4 Å². The maximum Gasteiger partial charge on any atom is 0.254 e. The zero-order valence-electron chi connectivity index (χ0n) is 14.1. The molecule has 130 valence electrons. The molecule has 0 saturated carbocycles. The van der Waals surface area contributed by atoms with Gasteiger partial charge in [-0.3, -0.25) is 0 Å². The van der Waals surface area contributed by atoms with Crippen molar-refractivity contribution in [2.75, 3.05) is 13.7 Å². The lowest BCUT2D eigenvalue weighted by Gasteiger charge is -2.02. The molecular formula is C19H21N3O2S. The first-order valence-corrected chi connectivity index (χ1v) is 9.11. The molecule has 2 heterocycles. The number of ether oxygens (including phenoxy) is 1. The highest BCUT2D eigenvalue weighted by Gasteiger charge is 2.13. The lowest BCUT2D eigenvalue weighted by atomic mass is 10.1. The maximum absolute atomic E-state index is 5.61. The van der Waals surface area contributed by atoms with Gasteiger partial charge in [0.25, 0.3) is 5.89 Å². The molecule has 0 unspecified atom stereocenters. The highest BCUT2D eigenvalue weighted by molar-refractivity contribution is 7.10. The number of unbranched alkanes of at least 4 members (excludes halogenated alkanes) is 1. The number of rotatable bonds is 8. The fraction of sp³-hybridized carbons (Fsp3) is 0.263. The summed E-state index contributed by atoms with van der Waals surface area (Å²) in [6.45, 7) is 0.688. The quantitative estimate of drug-likeness (QED) is 0.603. The fourth-order valence-electron chi connectivity index (χ4n) is 2.46. The topological polar surface area (TPSA) is 74.2 Å². The van der Waals surface area contributed by atoms with E-state index in [9.17, 15) is 0 Å². The first kappa shape index (κ1) is 17.4. The maximum atomic E-state index is 5.61. The first-order chi connectivity index (χ1) is 12.3. The summed E-state index contributed by atoms with van der Waals surface area (Å²) < 4.78 is 10.7. The molecule has 0 saturated heterocycles. The van der Waals surface area contributed by atoms with Crippen LogP contribution >= 0.6 is 11.3 Å². The Morgan fingerprint density at radius 3 is 2.76 bits per heavy atom. The van der Waals surface area contributed by atoms with Crippen LogP contribution in [0.15, 0.2) is 46.3 Å². The Morgan fingerprint density at radius 1 is 1.24 bits per heavy atom. The van der Waals surface area contributed by atoms with E-state index in [1.807, 2.05) is 30.3 Å². The molecule has 6 heteroatoms. The van der Waals surface area contributed by atoms with Gasteiger partial charge < -0.3 is 15.0 Å². The van der Waals surface area contributed by atoms with Crippen LogP contribution in [-0.4, -0.2) is 23.8 Å². The van der Waals surface area contributed by atoms with Crippen molar-refractivity contribution in [3.05, 3.63) is 52.5 Å². The Morgan fingerprint density at radius 2 is 2.08 bits per heavy atom. The van der Waals surface area contributed by atoms with Crippen LogP contribution in [0.3, 0.4) is 0 Å². The van der Waals surface area contributed by atoms with Crippen LogP contribution < -0.4 is 10.5 Å². The molecule has 2 aromatic heterocycles. The van der Waals surface area contributed by atoms with E-state index in [-0.39, 0.29) is 0 Å². The van der Waals surface area contributed by atoms with Crippen molar-refractivity contribution in [2.24, 2.45) is 5.73 Å². The molecule has 3 aromatic rings. The third-order valence-corrected chi connectivity index (χ3v) is 4.63. The van der Waals surface area contributed by atoms with Crippen LogP contribution in [-0.2, 0) is 0 Å². The van der Waals surface area contributed by atoms with Gasteiger partial charge in [0.1, 0.15) is 5.75 Å². The normalized spacial score (nSPS) is 11.7. The molecule has 5 nitrogen and oxygen atoms in total. The second-order valence-electron chi connectivity index (χ2n) is 5.58. The number of nitrogens with two attached hydrogens (primary N) is 1. The minimum absolute atomic E-state index is 0.566. The summed E-state index contributed by atoms with van der Waals surface area (Å²) in [5, 5.41) is 6.19. The second kappa shape index (κ2) is 8.60. The largest absolute Gasteiger partial charge is 0.497 e. The van der Waals surface area contributed by atoms with Gasteiger partial charge in [-0.1, -0.05) is 11.2 Å². The number of hydrogen-bond acceptors (Lipinski definition) is 6. The number of aromatic nitrogens is 2. The molecule has 2 N–H and O–H groups in total. The minimum atomic E-state index is 0.566. The Bertz CT molecular complexity index is 808. The number of nitrogens with zero attached hydrogens (tertiary/aromatic N) is 2. The summed E-state index contributed by atoms with van der Waals surface area (Å²) in [6, 6.07) is 11.7. The Balaban J connectivity index is 1.84. The van der Waals surface area contributed by atoms with Gasteiger partial charge in [-0.05, 0) is 67.6 Å². The third-order valence-electron chi connectivity index (χ3n) is 3.81. The van der Waals surface area contributed by atoms with Crippen LogP contribution in [0.2, 0.25) is 0 Å². The lowest BCUT2D eigenvalue weighted by molar-refractivity contribution is 0.406. The van der Waals surface area contributed by atoms with Crippen LogP contribution in [0.4, 0.5) is 0 Å². The Hall–Kier alpha value is -2.44. The fourth-order valence-corrected chi connectivity index (χ4v) is 3.14. The molecule has 25 heavy (non-hydrogen) atoms. The number of hydrogen-bond donors (Lipinski definition) is 1. The van der Waals surface area contributed by atoms with Crippen LogP contribution in [0.1, 0.15) is 30.0 Å². The molecule has 0 bridgehead atoms. The van der Waals surface area contributed by atoms with Crippen molar-refractivity contribution < 1.29 is 9.26 Å². The molecule has 0 aliphatic carbocycles. The minimum Gasteiger partial charge on any atom is -0.497 e. The summed E-state index contributed by atoms with van der Waals surface area (Å²) in [7, 11) is 1.64. The van der Waals surface area contributed by atoms with Crippen molar-refractivity contribution in [1.29, 1.82) is 0 Å². The highest BCUT2D eigenvalue weighted by Crippen LogP contribution is 2.27. The monoisotopic (exact) mass is 355 g/mol. The molecular weight excluding hydrogens is 334 g/mol. The van der Waals surface area contributed by atoms with E-state index in [0.717, 1.165) is 36.1 Å². The summed E-state index contributed by atoms with van der Waals surface area (Å²) in [4.78, 5) is 5.76. The molecule has 0 aliphatic rings. The van der Waals surface area contributed by atoms with E-state index >= 15 is 0 Å². The molecule has 0 atom stereocenters. The molecule has 0 fully saturated rings. The number of methoxy groups -OCH3 is 1. The van der Waals surface area contributed by atoms with E-state index in [0.29, 0.717) is 18.3 Å². The SMILES string of the molecule is COc1ccc(-c2noc(/C(=C/c3cccs3)CCCCN)n2)cc1. The molecule has 3 rings (SSSR count). The number of allylic oxidation sites excluding steroid dienone is 1. The predicted octanol–water partition coefficient (Wildman–Crippen LogP) is 4.48. The van der Waals surface area contributed by atoms with Gasteiger partial charge in [0.15, 0.2) is 0 Å². The zero-order chi connectivity index (χ0) is 17.5. The van der Waals surface area contributed by atoms with Gasteiger partial charge in [-0.25, -0.2) is 0 Å². The van der Waals surface area contributed by atoms with Gasteiger partial charge >= 0.3 is 0 Å². The summed E-state index contributed by atoms with van der Waals surface area (Å²) in [6.07, 6.45) is 4.95. The molecule has 0 aliphatic heterocycles. The van der Waals surface area contributed by atoms with Gasteiger partial charge in [-0.15, -0.1) is 11.3 Å². The van der Waals surface area contributed by atoms with Gasteiger partial charge in [-0.2, -0.15) is 4.98 Å². The highest BCUT2D eigenvalue weighted by atomic mass is 32.1. The molecule has 0 spiro atoms. The summed E-state index contributed by atoms with van der Waals surface area (Å²) in [5.74, 6) is 1.94. The standard InChI is InChI=1S/C19H21N3O2S/c1-23-16-9-7-14(8-10-16)18-21-19(24-22-18)15(5-2-3-11-20)13-17-6-4-12-25-17/h4,6-10,12-13H,2-3,5,11,20H2,1H3/b15-13+. The van der Waals surface area contributed by atoms with Crippen LogP contribution in [0.25, 0.3) is 23.0 Å². The summed E-state index contributed by atoms with van der Waals surface area (Å²) in [5.41, 5.74) is 7.56. The second-order valence-corrected chi connectivity index (χ2v) is 6.56. The van der Waals surface area contributed by atoms with Crippen molar-refractivity contribution in [3.8, 4) is 17.1 Å². The van der Waals surface area contributed by atoms with Gasteiger partial charge in [0, 0.05) is 16.0 Å². The van der Waals surface area contributed by atoms with Gasteiger partial charge in [0.2, 0.25) is 5.82 Å². The van der Waals surface area contributed by atoms with Crippen molar-refractivity contribution in [2.45, 2.75) is 19.3 Å². The average Bonchev–Trinajstić information content (AvgIpc) is 3.33. The molecule has 1 aromatic carbocycles. The average molecular weight is 355 g/mol. The first-order valence-electron chi connectivity index (χ1n) is 8.23. The van der Waals surface area contributed by atoms with E-state index < -0.39 is 0 Å². The Labute approximate surface area is 151 Å².